The molecule has 17 heavy (non-hydrogen) atoms. The minimum Gasteiger partial charge on any atom is -0.368 e. The molecule has 0 aromatic heterocycles. The van der Waals surface area contributed by atoms with E-state index < -0.39 is 6.04 Å². The predicted molar refractivity (Wildman–Crippen MR) is 67.2 cm³/mol. The van der Waals surface area contributed by atoms with Crippen molar-refractivity contribution in [3.8, 4) is 0 Å². The van der Waals surface area contributed by atoms with Gasteiger partial charge >= 0.3 is 0 Å². The molecule has 0 bridgehead atoms. The first-order valence-corrected chi connectivity index (χ1v) is 6.68. The molecule has 98 valence electrons. The number of nitrogens with zero attached hydrogens (tertiary/aromatic N) is 1. The topological polar surface area (TPSA) is 63.4 Å². The van der Waals surface area contributed by atoms with Gasteiger partial charge in [-0.2, -0.15) is 0 Å². The normalized spacial score (nSPS) is 21.9. The molecule has 2 N–H and O–H groups in total. The van der Waals surface area contributed by atoms with E-state index in [1.807, 2.05) is 6.92 Å². The Hall–Kier alpha value is -1.06. The smallest absolute Gasteiger partial charge is 0.240 e. The maximum absolute atomic E-state index is 11.8. The van der Waals surface area contributed by atoms with Crippen LogP contribution < -0.4 is 5.73 Å². The number of carbonyl (C=O) groups excluding carboxylic acids is 2. The maximum atomic E-state index is 11.8. The molecule has 2 amide bonds. The van der Waals surface area contributed by atoms with Crippen molar-refractivity contribution in [2.24, 2.45) is 11.7 Å². The highest BCUT2D eigenvalue weighted by atomic mass is 16.2. The van der Waals surface area contributed by atoms with Gasteiger partial charge in [0, 0.05) is 13.0 Å². The van der Waals surface area contributed by atoms with Gasteiger partial charge in [0.2, 0.25) is 11.8 Å². The van der Waals surface area contributed by atoms with Crippen LogP contribution in [0.3, 0.4) is 0 Å². The maximum Gasteiger partial charge on any atom is 0.240 e. The Labute approximate surface area is 104 Å². The van der Waals surface area contributed by atoms with E-state index in [4.69, 9.17) is 5.73 Å². The van der Waals surface area contributed by atoms with Crippen LogP contribution in [0.4, 0.5) is 0 Å². The summed E-state index contributed by atoms with van der Waals surface area (Å²) >= 11 is 0. The van der Waals surface area contributed by atoms with Gasteiger partial charge < -0.3 is 10.6 Å². The second-order valence-corrected chi connectivity index (χ2v) is 4.94. The minimum atomic E-state index is -0.404. The zero-order valence-electron chi connectivity index (χ0n) is 10.9. The lowest BCUT2D eigenvalue weighted by Crippen LogP contribution is -2.45. The van der Waals surface area contributed by atoms with Crippen molar-refractivity contribution in [2.75, 3.05) is 6.54 Å². The largest absolute Gasteiger partial charge is 0.368 e. The Kier molecular flexibility index (Phi) is 5.45. The van der Waals surface area contributed by atoms with Crippen LogP contribution in [0.25, 0.3) is 0 Å². The van der Waals surface area contributed by atoms with Crippen molar-refractivity contribution in [1.29, 1.82) is 0 Å². The van der Waals surface area contributed by atoms with E-state index in [0.717, 1.165) is 6.42 Å². The van der Waals surface area contributed by atoms with Gasteiger partial charge in [0.25, 0.3) is 0 Å². The summed E-state index contributed by atoms with van der Waals surface area (Å²) in [6.07, 6.45) is 5.89. The van der Waals surface area contributed by atoms with Crippen LogP contribution in [0.2, 0.25) is 0 Å². The van der Waals surface area contributed by atoms with Crippen molar-refractivity contribution in [2.45, 2.75) is 58.4 Å². The molecule has 0 spiro atoms. The standard InChI is InChI=1S/C13H24N2O2/c1-3-5-6-7-10-8-12(16)15(9-10)11(4-2)13(14)17/h10-11H,3-9H2,1-2H3,(H2,14,17)/t10-,11+/m0/s1. The molecule has 0 radical (unpaired) electrons. The first kappa shape index (κ1) is 14.0. The van der Waals surface area contributed by atoms with Gasteiger partial charge in [0.05, 0.1) is 0 Å². The molecule has 4 nitrogen and oxygen atoms in total. The molecule has 1 saturated heterocycles. The first-order chi connectivity index (χ1) is 8.10. The Morgan fingerprint density at radius 2 is 2.18 bits per heavy atom. The third-order valence-corrected chi connectivity index (χ3v) is 3.55. The summed E-state index contributed by atoms with van der Waals surface area (Å²) in [5.74, 6) is 0.134. The molecular weight excluding hydrogens is 216 g/mol. The van der Waals surface area contributed by atoms with E-state index in [-0.39, 0.29) is 11.8 Å². The van der Waals surface area contributed by atoms with E-state index in [1.54, 1.807) is 4.90 Å². The summed E-state index contributed by atoms with van der Waals surface area (Å²) in [6.45, 7) is 4.78. The van der Waals surface area contributed by atoms with Gasteiger partial charge in [-0.15, -0.1) is 0 Å². The van der Waals surface area contributed by atoms with Crippen LogP contribution in [-0.4, -0.2) is 29.3 Å². The van der Waals surface area contributed by atoms with Crippen LogP contribution in [-0.2, 0) is 9.59 Å². The zero-order chi connectivity index (χ0) is 12.8. The fourth-order valence-corrected chi connectivity index (χ4v) is 2.56. The van der Waals surface area contributed by atoms with Gasteiger partial charge in [-0.1, -0.05) is 33.1 Å². The van der Waals surface area contributed by atoms with E-state index in [0.29, 0.717) is 25.3 Å². The number of rotatable bonds is 7. The second-order valence-electron chi connectivity index (χ2n) is 4.94. The SMILES string of the molecule is CCCCC[C@H]1CC(=O)N([C@H](CC)C(N)=O)C1. The highest BCUT2D eigenvalue weighted by molar-refractivity contribution is 5.87. The Balaban J connectivity index is 2.48. The lowest BCUT2D eigenvalue weighted by molar-refractivity contribution is -0.136. The Morgan fingerprint density at radius 3 is 2.71 bits per heavy atom. The van der Waals surface area contributed by atoms with Crippen molar-refractivity contribution in [3.63, 3.8) is 0 Å². The van der Waals surface area contributed by atoms with Crippen LogP contribution in [0, 0.1) is 5.92 Å². The molecule has 1 aliphatic rings. The summed E-state index contributed by atoms with van der Waals surface area (Å²) in [5, 5.41) is 0. The van der Waals surface area contributed by atoms with E-state index in [1.165, 1.54) is 19.3 Å². The fraction of sp³-hybridized carbons (Fsp3) is 0.846. The summed E-state index contributed by atoms with van der Waals surface area (Å²) in [4.78, 5) is 24.8. The number of amides is 2. The number of carbonyl (C=O) groups is 2. The van der Waals surface area contributed by atoms with Gasteiger partial charge in [-0.05, 0) is 18.8 Å². The molecule has 1 rings (SSSR count). The van der Waals surface area contributed by atoms with Gasteiger partial charge in [0.1, 0.15) is 6.04 Å². The monoisotopic (exact) mass is 240 g/mol. The summed E-state index contributed by atoms with van der Waals surface area (Å²) in [7, 11) is 0. The molecule has 0 aromatic rings. The number of nitrogens with two attached hydrogens (primary N) is 1. The number of unbranched alkanes of at least 4 members (excludes halogenated alkanes) is 2. The van der Waals surface area contributed by atoms with Crippen molar-refractivity contribution in [3.05, 3.63) is 0 Å². The average Bonchev–Trinajstić information content (AvgIpc) is 2.61. The van der Waals surface area contributed by atoms with E-state index in [9.17, 15) is 9.59 Å². The van der Waals surface area contributed by atoms with Crippen molar-refractivity contribution >= 4 is 11.8 Å². The molecule has 1 aliphatic heterocycles. The molecule has 0 aromatic carbocycles. The Bertz CT molecular complexity index is 279. The zero-order valence-corrected chi connectivity index (χ0v) is 10.9. The minimum absolute atomic E-state index is 0.0946. The summed E-state index contributed by atoms with van der Waals surface area (Å²) in [6, 6.07) is -0.404. The van der Waals surface area contributed by atoms with E-state index >= 15 is 0 Å². The second kappa shape index (κ2) is 6.62. The van der Waals surface area contributed by atoms with Crippen LogP contribution >= 0.6 is 0 Å². The summed E-state index contributed by atoms with van der Waals surface area (Å²) < 4.78 is 0. The first-order valence-electron chi connectivity index (χ1n) is 6.68. The molecule has 0 aliphatic carbocycles. The number of hydrogen-bond donors (Lipinski definition) is 1. The van der Waals surface area contributed by atoms with Gasteiger partial charge in [-0.25, -0.2) is 0 Å². The van der Waals surface area contributed by atoms with Crippen LogP contribution in [0.5, 0.6) is 0 Å². The van der Waals surface area contributed by atoms with Crippen molar-refractivity contribution < 1.29 is 9.59 Å². The summed E-state index contributed by atoms with van der Waals surface area (Å²) in [5.41, 5.74) is 5.32. The third kappa shape index (κ3) is 3.72. The van der Waals surface area contributed by atoms with Gasteiger partial charge in [0.15, 0.2) is 0 Å². The molecule has 4 heteroatoms. The lowest BCUT2D eigenvalue weighted by atomic mass is 10.0. The Morgan fingerprint density at radius 1 is 1.47 bits per heavy atom. The molecule has 1 fully saturated rings. The molecule has 2 atom stereocenters. The highest BCUT2D eigenvalue weighted by Crippen LogP contribution is 2.25. The average molecular weight is 240 g/mol. The number of hydrogen-bond acceptors (Lipinski definition) is 2. The molecule has 0 saturated carbocycles. The van der Waals surface area contributed by atoms with Crippen LogP contribution in [0.15, 0.2) is 0 Å². The van der Waals surface area contributed by atoms with Crippen molar-refractivity contribution in [1.82, 2.24) is 4.90 Å². The molecule has 0 unspecified atom stereocenters. The molecular formula is C13H24N2O2. The highest BCUT2D eigenvalue weighted by Gasteiger charge is 2.35. The predicted octanol–water partition coefficient (Wildman–Crippen LogP) is 1.68. The number of likely N-dealkylation sites (tertiary alicyclic amines) is 1. The fourth-order valence-electron chi connectivity index (χ4n) is 2.56. The quantitative estimate of drug-likeness (QED) is 0.688. The van der Waals surface area contributed by atoms with Crippen LogP contribution in [0.1, 0.15) is 52.4 Å². The lowest BCUT2D eigenvalue weighted by Gasteiger charge is -2.24. The van der Waals surface area contributed by atoms with Gasteiger partial charge in [-0.3, -0.25) is 9.59 Å². The third-order valence-electron chi connectivity index (χ3n) is 3.55. The number of primary amides is 1. The van der Waals surface area contributed by atoms with E-state index in [2.05, 4.69) is 6.92 Å². The molecule has 1 heterocycles.